The molecule has 0 aliphatic rings. The van der Waals surface area contributed by atoms with E-state index in [4.69, 9.17) is 16.3 Å². The second-order valence-electron chi connectivity index (χ2n) is 3.04. The minimum atomic E-state index is -0.530. The summed E-state index contributed by atoms with van der Waals surface area (Å²) in [4.78, 5) is 22.5. The number of ketones is 1. The van der Waals surface area contributed by atoms with Gasteiger partial charge in [0.05, 0.1) is 0 Å². The summed E-state index contributed by atoms with van der Waals surface area (Å²) in [5.74, 6) is -0.807. The molecule has 84 valence electrons. The molecule has 0 heterocycles. The van der Waals surface area contributed by atoms with Crippen molar-refractivity contribution in [2.24, 2.45) is 0 Å². The number of carbonyl (C=O) groups is 2. The highest BCUT2D eigenvalue weighted by Crippen LogP contribution is 2.11. The van der Waals surface area contributed by atoms with E-state index in [1.54, 1.807) is 31.2 Å². The van der Waals surface area contributed by atoms with E-state index in [1.165, 1.54) is 12.1 Å². The standard InChI is InChI=1S/C12H11ClO3/c1-2-4-12(15)16-8-11(14)9-5-3-6-10(13)7-9/h2-7H,8H2,1H3/b4-2+. The lowest BCUT2D eigenvalue weighted by Crippen LogP contribution is -2.12. The van der Waals surface area contributed by atoms with Crippen LogP contribution >= 0.6 is 11.6 Å². The second-order valence-corrected chi connectivity index (χ2v) is 3.48. The normalized spacial score (nSPS) is 10.4. The van der Waals surface area contributed by atoms with Crippen LogP contribution in [0.1, 0.15) is 17.3 Å². The van der Waals surface area contributed by atoms with Crippen molar-refractivity contribution in [1.29, 1.82) is 0 Å². The van der Waals surface area contributed by atoms with Gasteiger partial charge in [0.25, 0.3) is 0 Å². The van der Waals surface area contributed by atoms with Gasteiger partial charge in [0.15, 0.2) is 12.4 Å². The molecule has 0 saturated heterocycles. The third-order valence-corrected chi connectivity index (χ3v) is 2.03. The highest BCUT2D eigenvalue weighted by atomic mass is 35.5. The molecule has 0 fully saturated rings. The number of carbonyl (C=O) groups excluding carboxylic acids is 2. The molecule has 0 atom stereocenters. The fourth-order valence-corrected chi connectivity index (χ4v) is 1.26. The third kappa shape index (κ3) is 3.87. The number of halogens is 1. The number of hydrogen-bond acceptors (Lipinski definition) is 3. The minimum Gasteiger partial charge on any atom is -0.454 e. The van der Waals surface area contributed by atoms with E-state index in [0.717, 1.165) is 0 Å². The van der Waals surface area contributed by atoms with E-state index in [2.05, 4.69) is 0 Å². The molecule has 0 N–H and O–H groups in total. The van der Waals surface area contributed by atoms with Gasteiger partial charge in [-0.15, -0.1) is 0 Å². The van der Waals surface area contributed by atoms with Gasteiger partial charge >= 0.3 is 5.97 Å². The van der Waals surface area contributed by atoms with Gasteiger partial charge in [0.1, 0.15) is 0 Å². The van der Waals surface area contributed by atoms with Gasteiger partial charge in [0.2, 0.25) is 0 Å². The highest BCUT2D eigenvalue weighted by Gasteiger charge is 2.08. The van der Waals surface area contributed by atoms with E-state index in [9.17, 15) is 9.59 Å². The van der Waals surface area contributed by atoms with Crippen molar-refractivity contribution in [2.45, 2.75) is 6.92 Å². The van der Waals surface area contributed by atoms with Gasteiger partial charge in [0, 0.05) is 16.7 Å². The average Bonchev–Trinajstić information content (AvgIpc) is 2.26. The topological polar surface area (TPSA) is 43.4 Å². The Morgan fingerprint density at radius 2 is 2.19 bits per heavy atom. The van der Waals surface area contributed by atoms with Gasteiger partial charge in [-0.05, 0) is 19.1 Å². The first-order chi connectivity index (χ1) is 7.63. The largest absolute Gasteiger partial charge is 0.454 e. The molecular formula is C12H11ClO3. The zero-order chi connectivity index (χ0) is 12.0. The lowest BCUT2D eigenvalue weighted by Gasteiger charge is -2.01. The number of rotatable bonds is 4. The first kappa shape index (κ1) is 12.5. The summed E-state index contributed by atoms with van der Waals surface area (Å²) in [6, 6.07) is 6.50. The molecule has 4 heteroatoms. The van der Waals surface area contributed by atoms with Crippen molar-refractivity contribution in [3.05, 3.63) is 47.0 Å². The fraction of sp³-hybridized carbons (Fsp3) is 0.167. The number of Topliss-reactive ketones (excluding diaryl/α,β-unsaturated/α-hetero) is 1. The molecule has 16 heavy (non-hydrogen) atoms. The molecule has 0 aliphatic heterocycles. The average molecular weight is 239 g/mol. The lowest BCUT2D eigenvalue weighted by atomic mass is 10.1. The van der Waals surface area contributed by atoms with Crippen LogP contribution in [-0.2, 0) is 9.53 Å². The molecule has 0 saturated carbocycles. The van der Waals surface area contributed by atoms with Gasteiger partial charge < -0.3 is 4.74 Å². The Bertz CT molecular complexity index is 424. The van der Waals surface area contributed by atoms with Crippen LogP contribution in [0.3, 0.4) is 0 Å². The van der Waals surface area contributed by atoms with Crippen LogP contribution in [0.2, 0.25) is 5.02 Å². The SMILES string of the molecule is C/C=C/C(=O)OCC(=O)c1cccc(Cl)c1. The molecule has 0 radical (unpaired) electrons. The number of ether oxygens (including phenoxy) is 1. The maximum atomic E-state index is 11.5. The summed E-state index contributed by atoms with van der Waals surface area (Å²) < 4.78 is 4.72. The minimum absolute atomic E-state index is 0.274. The number of hydrogen-bond donors (Lipinski definition) is 0. The Balaban J connectivity index is 2.56. The van der Waals surface area contributed by atoms with Gasteiger partial charge in [-0.25, -0.2) is 4.79 Å². The Kier molecular flexibility index (Phi) is 4.73. The van der Waals surface area contributed by atoms with E-state index >= 15 is 0 Å². The lowest BCUT2D eigenvalue weighted by molar-refractivity contribution is -0.136. The van der Waals surface area contributed by atoms with Crippen LogP contribution in [0.4, 0.5) is 0 Å². The smallest absolute Gasteiger partial charge is 0.330 e. The molecule has 1 rings (SSSR count). The summed E-state index contributed by atoms with van der Waals surface area (Å²) in [6.45, 7) is 1.42. The first-order valence-corrected chi connectivity index (χ1v) is 5.09. The summed E-state index contributed by atoms with van der Waals surface area (Å²) in [5.41, 5.74) is 0.431. The predicted octanol–water partition coefficient (Wildman–Crippen LogP) is 2.64. The monoisotopic (exact) mass is 238 g/mol. The molecule has 1 aromatic carbocycles. The maximum Gasteiger partial charge on any atom is 0.330 e. The van der Waals surface area contributed by atoms with Crippen LogP contribution in [-0.4, -0.2) is 18.4 Å². The Labute approximate surface area is 98.7 Å². The number of esters is 1. The molecule has 0 aliphatic carbocycles. The zero-order valence-corrected chi connectivity index (χ0v) is 9.53. The summed E-state index contributed by atoms with van der Waals surface area (Å²) in [5, 5.41) is 0.477. The maximum absolute atomic E-state index is 11.5. The number of allylic oxidation sites excluding steroid dienone is 1. The third-order valence-electron chi connectivity index (χ3n) is 1.79. The van der Waals surface area contributed by atoms with Crippen LogP contribution in [0.5, 0.6) is 0 Å². The van der Waals surface area contributed by atoms with Gasteiger partial charge in [-0.1, -0.05) is 29.8 Å². The predicted molar refractivity (Wildman–Crippen MR) is 61.6 cm³/mol. The molecular weight excluding hydrogens is 228 g/mol. The first-order valence-electron chi connectivity index (χ1n) is 4.71. The highest BCUT2D eigenvalue weighted by molar-refractivity contribution is 6.31. The number of benzene rings is 1. The van der Waals surface area contributed by atoms with Crippen molar-refractivity contribution < 1.29 is 14.3 Å². The van der Waals surface area contributed by atoms with Crippen LogP contribution in [0.15, 0.2) is 36.4 Å². The van der Waals surface area contributed by atoms with Crippen molar-refractivity contribution >= 4 is 23.4 Å². The molecule has 0 spiro atoms. The van der Waals surface area contributed by atoms with E-state index < -0.39 is 5.97 Å². The molecule has 0 bridgehead atoms. The molecule has 3 nitrogen and oxygen atoms in total. The van der Waals surface area contributed by atoms with Crippen molar-refractivity contribution in [3.63, 3.8) is 0 Å². The van der Waals surface area contributed by atoms with Gasteiger partial charge in [-0.3, -0.25) is 4.79 Å². The van der Waals surface area contributed by atoms with Crippen LogP contribution < -0.4 is 0 Å². The quantitative estimate of drug-likeness (QED) is 0.460. The van der Waals surface area contributed by atoms with Gasteiger partial charge in [-0.2, -0.15) is 0 Å². The van der Waals surface area contributed by atoms with Crippen LogP contribution in [0.25, 0.3) is 0 Å². The molecule has 0 unspecified atom stereocenters. The zero-order valence-electron chi connectivity index (χ0n) is 8.77. The van der Waals surface area contributed by atoms with Crippen molar-refractivity contribution in [1.82, 2.24) is 0 Å². The summed E-state index contributed by atoms with van der Waals surface area (Å²) in [7, 11) is 0. The second kappa shape index (κ2) is 6.08. The van der Waals surface area contributed by atoms with E-state index in [-0.39, 0.29) is 12.4 Å². The van der Waals surface area contributed by atoms with Crippen molar-refractivity contribution in [3.8, 4) is 0 Å². The van der Waals surface area contributed by atoms with E-state index in [0.29, 0.717) is 10.6 Å². The summed E-state index contributed by atoms with van der Waals surface area (Å²) >= 11 is 5.73. The Hall–Kier alpha value is -1.61. The molecule has 0 amide bonds. The fourth-order valence-electron chi connectivity index (χ4n) is 1.07. The van der Waals surface area contributed by atoms with Crippen molar-refractivity contribution in [2.75, 3.05) is 6.61 Å². The van der Waals surface area contributed by atoms with E-state index in [1.807, 2.05) is 0 Å². The molecule has 1 aromatic rings. The van der Waals surface area contributed by atoms with Crippen LogP contribution in [0, 0.1) is 0 Å². The molecule has 0 aromatic heterocycles. The summed E-state index contributed by atoms with van der Waals surface area (Å²) in [6.07, 6.45) is 2.80. The Morgan fingerprint density at radius 3 is 2.81 bits per heavy atom. The Morgan fingerprint density at radius 1 is 1.44 bits per heavy atom.